The van der Waals surface area contributed by atoms with Gasteiger partial charge in [0.25, 0.3) is 5.91 Å². The minimum atomic E-state index is -0.900. The van der Waals surface area contributed by atoms with Crippen LogP contribution in [0.15, 0.2) is 24.3 Å². The van der Waals surface area contributed by atoms with Gasteiger partial charge in [-0.1, -0.05) is 26.0 Å². The third-order valence-electron chi connectivity index (χ3n) is 3.99. The Bertz CT molecular complexity index is 611. The van der Waals surface area contributed by atoms with Crippen LogP contribution in [0.2, 0.25) is 0 Å². The zero-order chi connectivity index (χ0) is 16.3. The molecule has 1 saturated heterocycles. The number of rotatable bonds is 5. The number of imide groups is 1. The van der Waals surface area contributed by atoms with Gasteiger partial charge in [-0.3, -0.25) is 14.5 Å². The molecule has 0 spiro atoms. The van der Waals surface area contributed by atoms with Gasteiger partial charge in [0.05, 0.1) is 11.4 Å². The van der Waals surface area contributed by atoms with Gasteiger partial charge in [0, 0.05) is 0 Å². The SMILES string of the molecule is CCC1(CC)NC(=O)N(CC(=O)Nc2ccccc2N)C1=O. The van der Waals surface area contributed by atoms with Crippen LogP contribution in [0, 0.1) is 0 Å². The average molecular weight is 304 g/mol. The molecule has 1 aliphatic rings. The Kier molecular flexibility index (Phi) is 4.35. The normalized spacial score (nSPS) is 16.5. The number of nitrogens with one attached hydrogen (secondary N) is 2. The maximum absolute atomic E-state index is 12.4. The van der Waals surface area contributed by atoms with Crippen LogP contribution in [0.4, 0.5) is 16.2 Å². The highest BCUT2D eigenvalue weighted by Gasteiger charge is 2.49. The summed E-state index contributed by atoms with van der Waals surface area (Å²) in [7, 11) is 0. The highest BCUT2D eigenvalue weighted by Crippen LogP contribution is 2.25. The summed E-state index contributed by atoms with van der Waals surface area (Å²) < 4.78 is 0. The monoisotopic (exact) mass is 304 g/mol. The lowest BCUT2D eigenvalue weighted by Gasteiger charge is -2.23. The molecule has 1 aromatic carbocycles. The maximum Gasteiger partial charge on any atom is 0.325 e. The Morgan fingerprint density at radius 3 is 2.45 bits per heavy atom. The molecule has 0 aliphatic carbocycles. The Hall–Kier alpha value is -2.57. The number of carbonyl (C=O) groups is 3. The first-order chi connectivity index (χ1) is 10.4. The molecule has 0 bridgehead atoms. The minimum Gasteiger partial charge on any atom is -0.397 e. The van der Waals surface area contributed by atoms with Gasteiger partial charge in [-0.2, -0.15) is 0 Å². The van der Waals surface area contributed by atoms with Crippen molar-refractivity contribution in [2.75, 3.05) is 17.6 Å². The number of urea groups is 1. The number of para-hydroxylation sites is 2. The first kappa shape index (κ1) is 15.8. The third kappa shape index (κ3) is 2.74. The summed E-state index contributed by atoms with van der Waals surface area (Å²) in [5, 5.41) is 5.28. The number of amides is 4. The lowest BCUT2D eigenvalue weighted by atomic mass is 9.93. The summed E-state index contributed by atoms with van der Waals surface area (Å²) in [6.07, 6.45) is 0.968. The second-order valence-corrected chi connectivity index (χ2v) is 5.25. The van der Waals surface area contributed by atoms with Crippen molar-refractivity contribution in [3.63, 3.8) is 0 Å². The standard InChI is InChI=1S/C15H20N4O3/c1-3-15(4-2)13(21)19(14(22)18-15)9-12(20)17-11-8-6-5-7-10(11)16/h5-8H,3-4,9,16H2,1-2H3,(H,17,20)(H,18,22). The number of nitrogen functional groups attached to an aromatic ring is 1. The topological polar surface area (TPSA) is 105 Å². The molecule has 2 rings (SSSR count). The fraction of sp³-hybridized carbons (Fsp3) is 0.400. The van der Waals surface area contributed by atoms with E-state index >= 15 is 0 Å². The predicted molar refractivity (Wildman–Crippen MR) is 83.0 cm³/mol. The molecule has 0 unspecified atom stereocenters. The molecule has 22 heavy (non-hydrogen) atoms. The van der Waals surface area contributed by atoms with E-state index in [1.54, 1.807) is 24.3 Å². The first-order valence-corrected chi connectivity index (χ1v) is 7.22. The lowest BCUT2D eigenvalue weighted by Crippen LogP contribution is -2.46. The molecule has 4 amide bonds. The molecule has 1 heterocycles. The molecular weight excluding hydrogens is 284 g/mol. The molecule has 0 radical (unpaired) electrons. The third-order valence-corrected chi connectivity index (χ3v) is 3.99. The summed E-state index contributed by atoms with van der Waals surface area (Å²) in [5.74, 6) is -0.830. The van der Waals surface area contributed by atoms with Gasteiger partial charge in [-0.15, -0.1) is 0 Å². The Morgan fingerprint density at radius 1 is 1.27 bits per heavy atom. The van der Waals surface area contributed by atoms with Gasteiger partial charge in [0.15, 0.2) is 0 Å². The maximum atomic E-state index is 12.4. The van der Waals surface area contributed by atoms with Crippen molar-refractivity contribution in [2.45, 2.75) is 32.2 Å². The molecule has 1 fully saturated rings. The average Bonchev–Trinajstić information content (AvgIpc) is 2.74. The van der Waals surface area contributed by atoms with Crippen molar-refractivity contribution in [1.82, 2.24) is 10.2 Å². The van der Waals surface area contributed by atoms with E-state index in [9.17, 15) is 14.4 Å². The van der Waals surface area contributed by atoms with Gasteiger partial charge in [0.1, 0.15) is 12.1 Å². The van der Waals surface area contributed by atoms with E-state index in [1.165, 1.54) is 0 Å². The number of anilines is 2. The van der Waals surface area contributed by atoms with Crippen LogP contribution >= 0.6 is 0 Å². The minimum absolute atomic E-state index is 0.333. The Balaban J connectivity index is 2.08. The van der Waals surface area contributed by atoms with Crippen molar-refractivity contribution in [2.24, 2.45) is 0 Å². The van der Waals surface area contributed by atoms with Gasteiger partial charge in [-0.05, 0) is 25.0 Å². The quantitative estimate of drug-likeness (QED) is 0.563. The van der Waals surface area contributed by atoms with Crippen LogP contribution < -0.4 is 16.4 Å². The zero-order valence-electron chi connectivity index (χ0n) is 12.7. The second-order valence-electron chi connectivity index (χ2n) is 5.25. The zero-order valence-corrected chi connectivity index (χ0v) is 12.7. The van der Waals surface area contributed by atoms with E-state index in [0.29, 0.717) is 24.2 Å². The van der Waals surface area contributed by atoms with Crippen LogP contribution in [0.25, 0.3) is 0 Å². The molecule has 4 N–H and O–H groups in total. The molecule has 0 atom stereocenters. The Labute approximate surface area is 128 Å². The van der Waals surface area contributed by atoms with E-state index in [-0.39, 0.29) is 12.5 Å². The number of hydrogen-bond acceptors (Lipinski definition) is 4. The number of carbonyl (C=O) groups excluding carboxylic acids is 3. The van der Waals surface area contributed by atoms with Crippen molar-refractivity contribution < 1.29 is 14.4 Å². The number of benzene rings is 1. The van der Waals surface area contributed by atoms with Crippen LogP contribution in [-0.2, 0) is 9.59 Å². The summed E-state index contributed by atoms with van der Waals surface area (Å²) in [6, 6.07) is 6.26. The van der Waals surface area contributed by atoms with Gasteiger partial charge in [0.2, 0.25) is 5.91 Å². The predicted octanol–water partition coefficient (Wildman–Crippen LogP) is 1.32. The molecule has 7 heteroatoms. The van der Waals surface area contributed by atoms with E-state index in [2.05, 4.69) is 10.6 Å². The summed E-state index contributed by atoms with van der Waals surface area (Å²) in [5.41, 5.74) is 5.72. The molecule has 0 saturated carbocycles. The Morgan fingerprint density at radius 2 is 1.91 bits per heavy atom. The summed E-state index contributed by atoms with van der Waals surface area (Å²) in [6.45, 7) is 3.33. The molecule has 0 aromatic heterocycles. The van der Waals surface area contributed by atoms with Crippen molar-refractivity contribution in [3.05, 3.63) is 24.3 Å². The van der Waals surface area contributed by atoms with Crippen LogP contribution in [0.5, 0.6) is 0 Å². The first-order valence-electron chi connectivity index (χ1n) is 7.22. The second kappa shape index (κ2) is 6.05. The van der Waals surface area contributed by atoms with E-state index in [1.807, 2.05) is 13.8 Å². The highest BCUT2D eigenvalue weighted by atomic mass is 16.2. The highest BCUT2D eigenvalue weighted by molar-refractivity contribution is 6.10. The fourth-order valence-corrected chi connectivity index (χ4v) is 2.49. The fourth-order valence-electron chi connectivity index (χ4n) is 2.49. The van der Waals surface area contributed by atoms with E-state index in [4.69, 9.17) is 5.73 Å². The van der Waals surface area contributed by atoms with Crippen LogP contribution in [0.3, 0.4) is 0 Å². The van der Waals surface area contributed by atoms with Crippen molar-refractivity contribution in [1.29, 1.82) is 0 Å². The number of nitrogens with two attached hydrogens (primary N) is 1. The molecule has 1 aliphatic heterocycles. The van der Waals surface area contributed by atoms with Crippen LogP contribution in [-0.4, -0.2) is 34.8 Å². The van der Waals surface area contributed by atoms with E-state index in [0.717, 1.165) is 4.90 Å². The summed E-state index contributed by atoms with van der Waals surface area (Å²) >= 11 is 0. The number of nitrogens with zero attached hydrogens (tertiary/aromatic N) is 1. The number of hydrogen-bond donors (Lipinski definition) is 3. The van der Waals surface area contributed by atoms with Crippen molar-refractivity contribution in [3.8, 4) is 0 Å². The van der Waals surface area contributed by atoms with Gasteiger partial charge >= 0.3 is 6.03 Å². The molecular formula is C15H20N4O3. The largest absolute Gasteiger partial charge is 0.397 e. The van der Waals surface area contributed by atoms with Gasteiger partial charge < -0.3 is 16.4 Å². The van der Waals surface area contributed by atoms with Crippen molar-refractivity contribution >= 4 is 29.2 Å². The molecule has 118 valence electrons. The van der Waals surface area contributed by atoms with E-state index < -0.39 is 17.5 Å². The lowest BCUT2D eigenvalue weighted by molar-refractivity contribution is -0.134. The summed E-state index contributed by atoms with van der Waals surface area (Å²) in [4.78, 5) is 37.4. The van der Waals surface area contributed by atoms with Gasteiger partial charge in [-0.25, -0.2) is 4.79 Å². The smallest absolute Gasteiger partial charge is 0.325 e. The molecule has 1 aromatic rings. The molecule has 7 nitrogen and oxygen atoms in total. The van der Waals surface area contributed by atoms with Crippen LogP contribution in [0.1, 0.15) is 26.7 Å².